The van der Waals surface area contributed by atoms with E-state index in [-0.39, 0.29) is 6.61 Å². The van der Waals surface area contributed by atoms with E-state index in [4.69, 9.17) is 15.6 Å². The summed E-state index contributed by atoms with van der Waals surface area (Å²) in [6.45, 7) is 4.65. The SMILES string of the molecule is NCCCCCCN(CCO)CCOC1CC1. The summed E-state index contributed by atoms with van der Waals surface area (Å²) < 4.78 is 5.63. The lowest BCUT2D eigenvalue weighted by Gasteiger charge is -2.21. The average molecular weight is 244 g/mol. The lowest BCUT2D eigenvalue weighted by molar-refractivity contribution is 0.0844. The van der Waals surface area contributed by atoms with Gasteiger partial charge >= 0.3 is 0 Å². The van der Waals surface area contributed by atoms with Gasteiger partial charge in [0.15, 0.2) is 0 Å². The van der Waals surface area contributed by atoms with Gasteiger partial charge in [0.2, 0.25) is 0 Å². The Morgan fingerprint density at radius 3 is 2.47 bits per heavy atom. The maximum atomic E-state index is 9.00. The molecule has 102 valence electrons. The monoisotopic (exact) mass is 244 g/mol. The van der Waals surface area contributed by atoms with Crippen LogP contribution in [0.25, 0.3) is 0 Å². The van der Waals surface area contributed by atoms with Gasteiger partial charge in [0.25, 0.3) is 0 Å². The van der Waals surface area contributed by atoms with Crippen molar-refractivity contribution in [2.75, 3.05) is 39.4 Å². The summed E-state index contributed by atoms with van der Waals surface area (Å²) in [4.78, 5) is 2.30. The maximum Gasteiger partial charge on any atom is 0.0597 e. The molecule has 1 aliphatic carbocycles. The van der Waals surface area contributed by atoms with E-state index in [0.717, 1.165) is 39.2 Å². The van der Waals surface area contributed by atoms with Crippen LogP contribution >= 0.6 is 0 Å². The highest BCUT2D eigenvalue weighted by molar-refractivity contribution is 4.73. The highest BCUT2D eigenvalue weighted by atomic mass is 16.5. The zero-order valence-corrected chi connectivity index (χ0v) is 10.9. The molecule has 0 amide bonds. The molecule has 0 aromatic carbocycles. The van der Waals surface area contributed by atoms with Crippen LogP contribution in [-0.2, 0) is 4.74 Å². The Labute approximate surface area is 105 Å². The number of unbranched alkanes of at least 4 members (excludes halogenated alkanes) is 3. The Kier molecular flexibility index (Phi) is 8.61. The van der Waals surface area contributed by atoms with Gasteiger partial charge in [-0.1, -0.05) is 12.8 Å². The van der Waals surface area contributed by atoms with Gasteiger partial charge in [-0.2, -0.15) is 0 Å². The van der Waals surface area contributed by atoms with Crippen molar-refractivity contribution < 1.29 is 9.84 Å². The summed E-state index contributed by atoms with van der Waals surface area (Å²) in [5.74, 6) is 0. The number of hydrogen-bond acceptors (Lipinski definition) is 4. The van der Waals surface area contributed by atoms with Crippen LogP contribution in [0.4, 0.5) is 0 Å². The Hall–Kier alpha value is -0.160. The summed E-state index contributed by atoms with van der Waals surface area (Å²) in [5.41, 5.74) is 5.46. The fraction of sp³-hybridized carbons (Fsp3) is 1.00. The summed E-state index contributed by atoms with van der Waals surface area (Å²) in [6.07, 6.45) is 7.80. The number of ether oxygens (including phenoxy) is 1. The van der Waals surface area contributed by atoms with Crippen LogP contribution in [0.5, 0.6) is 0 Å². The van der Waals surface area contributed by atoms with Gasteiger partial charge in [-0.3, -0.25) is 4.90 Å². The standard InChI is InChI=1S/C13H28N2O2/c14-7-3-1-2-4-8-15(9-11-16)10-12-17-13-5-6-13/h13,16H,1-12,14H2. The van der Waals surface area contributed by atoms with E-state index in [1.165, 1.54) is 32.1 Å². The van der Waals surface area contributed by atoms with Crippen molar-refractivity contribution >= 4 is 0 Å². The molecule has 3 N–H and O–H groups in total. The second-order valence-corrected chi connectivity index (χ2v) is 4.84. The first-order valence-corrected chi connectivity index (χ1v) is 7.01. The van der Waals surface area contributed by atoms with Crippen molar-refractivity contribution in [3.63, 3.8) is 0 Å². The van der Waals surface area contributed by atoms with Gasteiger partial charge in [-0.25, -0.2) is 0 Å². The van der Waals surface area contributed by atoms with Crippen LogP contribution in [0.2, 0.25) is 0 Å². The average Bonchev–Trinajstić information content (AvgIpc) is 3.13. The van der Waals surface area contributed by atoms with Gasteiger partial charge in [0.1, 0.15) is 0 Å². The van der Waals surface area contributed by atoms with Crippen LogP contribution in [0, 0.1) is 0 Å². The molecule has 0 heterocycles. The van der Waals surface area contributed by atoms with E-state index >= 15 is 0 Å². The molecule has 1 saturated carbocycles. The van der Waals surface area contributed by atoms with Crippen LogP contribution in [0.15, 0.2) is 0 Å². The molecule has 0 saturated heterocycles. The normalized spacial score (nSPS) is 15.7. The topological polar surface area (TPSA) is 58.7 Å². The van der Waals surface area contributed by atoms with Crippen molar-refractivity contribution in [2.24, 2.45) is 5.73 Å². The first kappa shape index (κ1) is 14.9. The highest BCUT2D eigenvalue weighted by Crippen LogP contribution is 2.23. The van der Waals surface area contributed by atoms with E-state index in [9.17, 15) is 0 Å². The van der Waals surface area contributed by atoms with Gasteiger partial charge in [-0.05, 0) is 38.8 Å². The number of nitrogens with zero attached hydrogens (tertiary/aromatic N) is 1. The molecule has 0 aromatic rings. The third-order valence-corrected chi connectivity index (χ3v) is 3.13. The lowest BCUT2D eigenvalue weighted by Crippen LogP contribution is -2.31. The van der Waals surface area contributed by atoms with E-state index in [0.29, 0.717) is 6.10 Å². The molecule has 4 heteroatoms. The van der Waals surface area contributed by atoms with Gasteiger partial charge in [0.05, 0.1) is 19.3 Å². The molecule has 0 radical (unpaired) electrons. The number of hydrogen-bond donors (Lipinski definition) is 2. The second kappa shape index (κ2) is 9.83. The van der Waals surface area contributed by atoms with Gasteiger partial charge in [0, 0.05) is 13.1 Å². The molecular formula is C13H28N2O2. The Morgan fingerprint density at radius 1 is 1.06 bits per heavy atom. The largest absolute Gasteiger partial charge is 0.395 e. The minimum Gasteiger partial charge on any atom is -0.395 e. The third kappa shape index (κ3) is 8.55. The molecule has 0 unspecified atom stereocenters. The minimum atomic E-state index is 0.242. The number of aliphatic hydroxyl groups excluding tert-OH is 1. The number of rotatable bonds is 12. The lowest BCUT2D eigenvalue weighted by atomic mass is 10.2. The fourth-order valence-corrected chi connectivity index (χ4v) is 1.89. The van der Waals surface area contributed by atoms with Crippen molar-refractivity contribution in [3.8, 4) is 0 Å². The van der Waals surface area contributed by atoms with Gasteiger partial charge in [-0.15, -0.1) is 0 Å². The van der Waals surface area contributed by atoms with Crippen molar-refractivity contribution in [1.82, 2.24) is 4.90 Å². The van der Waals surface area contributed by atoms with Crippen molar-refractivity contribution in [3.05, 3.63) is 0 Å². The second-order valence-electron chi connectivity index (χ2n) is 4.84. The number of aliphatic hydroxyl groups is 1. The number of nitrogens with two attached hydrogens (primary N) is 1. The highest BCUT2D eigenvalue weighted by Gasteiger charge is 2.21. The molecule has 1 rings (SSSR count). The summed E-state index contributed by atoms with van der Waals surface area (Å²) in [7, 11) is 0. The molecule has 0 bridgehead atoms. The first-order valence-electron chi connectivity index (χ1n) is 7.01. The maximum absolute atomic E-state index is 9.00. The van der Waals surface area contributed by atoms with Crippen molar-refractivity contribution in [2.45, 2.75) is 44.6 Å². The van der Waals surface area contributed by atoms with E-state index in [2.05, 4.69) is 4.90 Å². The summed E-state index contributed by atoms with van der Waals surface area (Å²) >= 11 is 0. The zero-order chi connectivity index (χ0) is 12.3. The predicted octanol–water partition coefficient (Wildman–Crippen LogP) is 0.979. The molecule has 0 aromatic heterocycles. The first-order chi connectivity index (χ1) is 8.36. The van der Waals surface area contributed by atoms with E-state index in [1.807, 2.05) is 0 Å². The quantitative estimate of drug-likeness (QED) is 0.502. The minimum absolute atomic E-state index is 0.242. The summed E-state index contributed by atoms with van der Waals surface area (Å²) in [6, 6.07) is 0. The fourth-order valence-electron chi connectivity index (χ4n) is 1.89. The van der Waals surface area contributed by atoms with Crippen LogP contribution in [-0.4, -0.2) is 55.5 Å². The molecule has 4 nitrogen and oxygen atoms in total. The van der Waals surface area contributed by atoms with Crippen LogP contribution < -0.4 is 5.73 Å². The Morgan fingerprint density at radius 2 is 1.82 bits per heavy atom. The summed E-state index contributed by atoms with van der Waals surface area (Å²) in [5, 5.41) is 9.00. The Bertz CT molecular complexity index is 175. The Balaban J connectivity index is 1.96. The molecule has 1 fully saturated rings. The smallest absolute Gasteiger partial charge is 0.0597 e. The zero-order valence-electron chi connectivity index (χ0n) is 10.9. The third-order valence-electron chi connectivity index (χ3n) is 3.13. The van der Waals surface area contributed by atoms with Crippen molar-refractivity contribution in [1.29, 1.82) is 0 Å². The van der Waals surface area contributed by atoms with E-state index in [1.54, 1.807) is 0 Å². The van der Waals surface area contributed by atoms with Crippen LogP contribution in [0.3, 0.4) is 0 Å². The molecule has 17 heavy (non-hydrogen) atoms. The molecular weight excluding hydrogens is 216 g/mol. The molecule has 0 atom stereocenters. The molecule has 0 aliphatic heterocycles. The molecule has 0 spiro atoms. The molecule has 1 aliphatic rings. The van der Waals surface area contributed by atoms with Gasteiger partial charge < -0.3 is 15.6 Å². The van der Waals surface area contributed by atoms with Crippen LogP contribution in [0.1, 0.15) is 38.5 Å². The predicted molar refractivity (Wildman–Crippen MR) is 70.0 cm³/mol. The van der Waals surface area contributed by atoms with E-state index < -0.39 is 0 Å².